The second-order valence-corrected chi connectivity index (χ2v) is 7.65. The smallest absolute Gasteiger partial charge is 0.332 e. The van der Waals surface area contributed by atoms with Crippen LogP contribution in [0.25, 0.3) is 6.08 Å². The van der Waals surface area contributed by atoms with Gasteiger partial charge >= 0.3 is 6.18 Å². The van der Waals surface area contributed by atoms with E-state index in [0.717, 1.165) is 18.2 Å². The van der Waals surface area contributed by atoms with Gasteiger partial charge in [-0.1, -0.05) is 24.3 Å². The van der Waals surface area contributed by atoms with Gasteiger partial charge in [-0.3, -0.25) is 25.0 Å². The van der Waals surface area contributed by atoms with Crippen molar-refractivity contribution in [2.24, 2.45) is 0 Å². The monoisotopic (exact) mass is 514 g/mol. The highest BCUT2D eigenvalue weighted by Gasteiger charge is 2.30. The number of anilines is 2. The average molecular weight is 514 g/mol. The number of nitro groups is 1. The number of amides is 2. The second-order valence-electron chi connectivity index (χ2n) is 7.24. The Bertz CT molecular complexity index is 1360. The molecule has 184 valence electrons. The van der Waals surface area contributed by atoms with E-state index < -0.39 is 28.5 Å². The molecule has 8 nitrogen and oxygen atoms in total. The molecule has 0 aliphatic carbocycles. The number of nitro benzene ring substituents is 1. The lowest BCUT2D eigenvalue weighted by Crippen LogP contribution is -2.32. The summed E-state index contributed by atoms with van der Waals surface area (Å²) in [6, 6.07) is 15.9. The summed E-state index contributed by atoms with van der Waals surface area (Å²) in [6.07, 6.45) is -2.02. The predicted octanol–water partition coefficient (Wildman–Crippen LogP) is 5.39. The van der Waals surface area contributed by atoms with Crippen LogP contribution in [-0.4, -0.2) is 21.9 Å². The number of thiocarbonyl (C=S) groups is 1. The third kappa shape index (κ3) is 7.46. The van der Waals surface area contributed by atoms with Gasteiger partial charge in [0.15, 0.2) is 5.11 Å². The number of halogens is 3. The van der Waals surface area contributed by atoms with Gasteiger partial charge in [0, 0.05) is 35.1 Å². The topological polar surface area (TPSA) is 113 Å². The summed E-state index contributed by atoms with van der Waals surface area (Å²) in [5.41, 5.74) is -0.107. The zero-order chi connectivity index (χ0) is 26.3. The normalized spacial score (nSPS) is 11.1. The van der Waals surface area contributed by atoms with Gasteiger partial charge in [-0.15, -0.1) is 0 Å². The van der Waals surface area contributed by atoms with Crippen LogP contribution in [0.15, 0.2) is 78.9 Å². The van der Waals surface area contributed by atoms with Crippen molar-refractivity contribution in [2.75, 3.05) is 10.6 Å². The summed E-state index contributed by atoms with van der Waals surface area (Å²) in [4.78, 5) is 34.9. The Morgan fingerprint density at radius 3 is 2.28 bits per heavy atom. The van der Waals surface area contributed by atoms with E-state index >= 15 is 0 Å². The highest BCUT2D eigenvalue weighted by molar-refractivity contribution is 7.80. The molecule has 2 amide bonds. The third-order valence-corrected chi connectivity index (χ3v) is 4.78. The first-order chi connectivity index (χ1) is 17.0. The summed E-state index contributed by atoms with van der Waals surface area (Å²) in [6.45, 7) is 0. The molecular weight excluding hydrogens is 497 g/mol. The molecule has 3 rings (SSSR count). The Kier molecular flexibility index (Phi) is 8.12. The van der Waals surface area contributed by atoms with E-state index in [1.54, 1.807) is 12.1 Å². The minimum atomic E-state index is -4.54. The van der Waals surface area contributed by atoms with Crippen LogP contribution in [0.1, 0.15) is 21.5 Å². The van der Waals surface area contributed by atoms with Crippen LogP contribution in [-0.2, 0) is 11.0 Å². The summed E-state index contributed by atoms with van der Waals surface area (Å²) in [7, 11) is 0. The maximum absolute atomic E-state index is 12.9. The van der Waals surface area contributed by atoms with Gasteiger partial charge in [-0.25, -0.2) is 0 Å². The number of rotatable bonds is 6. The number of alkyl halides is 3. The standard InChI is InChI=1S/C24H17F3N4O4S/c25-24(26,27)17-6-3-8-19(14-17)28-22(33)16-5-2-7-18(13-16)29-23(36)30-21(32)11-10-15-4-1-9-20(12-15)31(34)35/h1-14H,(H,28,33)(H2,29,30,32,36)/b11-10+. The molecule has 0 spiro atoms. The molecule has 3 N–H and O–H groups in total. The van der Waals surface area contributed by atoms with Crippen molar-refractivity contribution in [1.29, 1.82) is 0 Å². The largest absolute Gasteiger partial charge is 0.416 e. The van der Waals surface area contributed by atoms with Gasteiger partial charge < -0.3 is 10.6 Å². The van der Waals surface area contributed by atoms with E-state index in [1.165, 1.54) is 54.6 Å². The zero-order valence-electron chi connectivity index (χ0n) is 18.2. The van der Waals surface area contributed by atoms with Gasteiger partial charge in [0.1, 0.15) is 0 Å². The lowest BCUT2D eigenvalue weighted by Gasteiger charge is -2.11. The Hall–Kier alpha value is -4.58. The van der Waals surface area contributed by atoms with Crippen LogP contribution in [0, 0.1) is 10.1 Å². The minimum absolute atomic E-state index is 0.0218. The van der Waals surface area contributed by atoms with E-state index in [-0.39, 0.29) is 22.1 Å². The number of non-ortho nitro benzene ring substituents is 1. The maximum atomic E-state index is 12.9. The molecule has 0 fully saturated rings. The Balaban J connectivity index is 1.60. The summed E-state index contributed by atoms with van der Waals surface area (Å²) < 4.78 is 38.6. The Morgan fingerprint density at radius 1 is 0.917 bits per heavy atom. The molecule has 0 radical (unpaired) electrons. The Labute approximate surface area is 208 Å². The molecule has 0 aromatic heterocycles. The molecule has 0 saturated heterocycles. The van der Waals surface area contributed by atoms with Gasteiger partial charge in [-0.2, -0.15) is 13.2 Å². The first-order valence-corrected chi connectivity index (χ1v) is 10.6. The number of hydrogen-bond donors (Lipinski definition) is 3. The highest BCUT2D eigenvalue weighted by atomic mass is 32.1. The number of carbonyl (C=O) groups excluding carboxylic acids is 2. The SMILES string of the molecule is O=C(/C=C/c1cccc([N+](=O)[O-])c1)NC(=S)Nc1cccc(C(=O)Nc2cccc(C(F)(F)F)c2)c1. The third-order valence-electron chi connectivity index (χ3n) is 4.58. The van der Waals surface area contributed by atoms with Crippen LogP contribution in [0.4, 0.5) is 30.2 Å². The maximum Gasteiger partial charge on any atom is 0.416 e. The van der Waals surface area contributed by atoms with E-state index in [4.69, 9.17) is 12.2 Å². The van der Waals surface area contributed by atoms with E-state index in [0.29, 0.717) is 11.3 Å². The molecule has 0 bridgehead atoms. The predicted molar refractivity (Wildman–Crippen MR) is 132 cm³/mol. The molecule has 0 unspecified atom stereocenters. The quantitative estimate of drug-likeness (QED) is 0.176. The molecule has 0 aliphatic heterocycles. The second kappa shape index (κ2) is 11.2. The lowest BCUT2D eigenvalue weighted by atomic mass is 10.1. The summed E-state index contributed by atoms with van der Waals surface area (Å²) in [5, 5.41) is 18.3. The van der Waals surface area contributed by atoms with Crippen LogP contribution < -0.4 is 16.0 Å². The lowest BCUT2D eigenvalue weighted by molar-refractivity contribution is -0.384. The van der Waals surface area contributed by atoms with E-state index in [2.05, 4.69) is 16.0 Å². The molecule has 0 aliphatic rings. The summed E-state index contributed by atoms with van der Waals surface area (Å²) in [5.74, 6) is -1.25. The molecule has 3 aromatic carbocycles. The van der Waals surface area contributed by atoms with Crippen LogP contribution in [0.3, 0.4) is 0 Å². The van der Waals surface area contributed by atoms with Crippen LogP contribution in [0.5, 0.6) is 0 Å². The van der Waals surface area contributed by atoms with Crippen molar-refractivity contribution < 1.29 is 27.7 Å². The fraction of sp³-hybridized carbons (Fsp3) is 0.0417. The van der Waals surface area contributed by atoms with Crippen molar-refractivity contribution in [3.63, 3.8) is 0 Å². The zero-order valence-corrected chi connectivity index (χ0v) is 19.0. The van der Waals surface area contributed by atoms with Crippen molar-refractivity contribution in [3.05, 3.63) is 106 Å². The number of carbonyl (C=O) groups is 2. The van der Waals surface area contributed by atoms with E-state index in [1.807, 2.05) is 0 Å². The average Bonchev–Trinajstić information content (AvgIpc) is 2.82. The fourth-order valence-corrected chi connectivity index (χ4v) is 3.16. The summed E-state index contributed by atoms with van der Waals surface area (Å²) >= 11 is 5.09. The van der Waals surface area contributed by atoms with Crippen molar-refractivity contribution >= 4 is 52.3 Å². The first-order valence-electron chi connectivity index (χ1n) is 10.1. The van der Waals surface area contributed by atoms with Gasteiger partial charge in [0.05, 0.1) is 10.5 Å². The van der Waals surface area contributed by atoms with Crippen molar-refractivity contribution in [3.8, 4) is 0 Å². The number of hydrogen-bond acceptors (Lipinski definition) is 5. The van der Waals surface area contributed by atoms with Crippen molar-refractivity contribution in [1.82, 2.24) is 5.32 Å². The molecule has 12 heteroatoms. The molecule has 36 heavy (non-hydrogen) atoms. The fourth-order valence-electron chi connectivity index (χ4n) is 2.94. The van der Waals surface area contributed by atoms with Crippen LogP contribution in [0.2, 0.25) is 0 Å². The number of nitrogens with one attached hydrogen (secondary N) is 3. The van der Waals surface area contributed by atoms with E-state index in [9.17, 15) is 32.9 Å². The van der Waals surface area contributed by atoms with Crippen LogP contribution >= 0.6 is 12.2 Å². The van der Waals surface area contributed by atoms with Gasteiger partial charge in [0.25, 0.3) is 11.6 Å². The number of nitrogens with zero attached hydrogens (tertiary/aromatic N) is 1. The van der Waals surface area contributed by atoms with Crippen molar-refractivity contribution in [2.45, 2.75) is 6.18 Å². The molecular formula is C24H17F3N4O4S. The first kappa shape index (κ1) is 26.0. The Morgan fingerprint density at radius 2 is 1.58 bits per heavy atom. The minimum Gasteiger partial charge on any atom is -0.332 e. The molecule has 3 aromatic rings. The molecule has 0 atom stereocenters. The number of benzene rings is 3. The highest BCUT2D eigenvalue weighted by Crippen LogP contribution is 2.30. The van der Waals surface area contributed by atoms with Gasteiger partial charge in [-0.05, 0) is 60.3 Å². The molecule has 0 saturated carbocycles. The molecule has 0 heterocycles. The van der Waals surface area contributed by atoms with Gasteiger partial charge in [0.2, 0.25) is 5.91 Å².